The Morgan fingerprint density at radius 3 is 2.89 bits per heavy atom. The van der Waals surface area contributed by atoms with Crippen molar-refractivity contribution in [3.05, 3.63) is 22.7 Å². The van der Waals surface area contributed by atoms with Gasteiger partial charge in [-0.05, 0) is 18.3 Å². The van der Waals surface area contributed by atoms with Gasteiger partial charge in [0.1, 0.15) is 0 Å². The van der Waals surface area contributed by atoms with Crippen molar-refractivity contribution in [3.8, 4) is 0 Å². The summed E-state index contributed by atoms with van der Waals surface area (Å²) in [6.45, 7) is 8.71. The van der Waals surface area contributed by atoms with Crippen LogP contribution in [0, 0.1) is 11.8 Å². The average molecular weight is 264 g/mol. The standard InChI is InChI=1S/C14H24N4O/c1-10(2)8-18-7-5-16-13(14(18)19)17-6-4-12(15)11(3)9-17/h5,7,10-12H,4,6,8-9,15H2,1-3H3. The first-order valence-electron chi connectivity index (χ1n) is 7.05. The molecule has 0 aromatic carbocycles. The lowest BCUT2D eigenvalue weighted by molar-refractivity contribution is 0.379. The second kappa shape index (κ2) is 5.74. The quantitative estimate of drug-likeness (QED) is 0.887. The SMILES string of the molecule is CC(C)Cn1ccnc(N2CCC(N)C(C)C2)c1=O. The Balaban J connectivity index is 2.23. The number of rotatable bonds is 3. The molecule has 1 fully saturated rings. The summed E-state index contributed by atoms with van der Waals surface area (Å²) >= 11 is 0. The van der Waals surface area contributed by atoms with Crippen molar-refractivity contribution >= 4 is 5.82 Å². The fraction of sp³-hybridized carbons (Fsp3) is 0.714. The predicted molar refractivity (Wildman–Crippen MR) is 77.3 cm³/mol. The molecular formula is C14H24N4O. The lowest BCUT2D eigenvalue weighted by atomic mass is 9.95. The monoisotopic (exact) mass is 264 g/mol. The van der Waals surface area contributed by atoms with Crippen LogP contribution in [0.5, 0.6) is 0 Å². The molecule has 0 radical (unpaired) electrons. The maximum absolute atomic E-state index is 12.4. The summed E-state index contributed by atoms with van der Waals surface area (Å²) in [4.78, 5) is 18.8. The van der Waals surface area contributed by atoms with Gasteiger partial charge in [-0.15, -0.1) is 0 Å². The Labute approximate surface area is 114 Å². The van der Waals surface area contributed by atoms with Crippen LogP contribution in [0.3, 0.4) is 0 Å². The highest BCUT2D eigenvalue weighted by Gasteiger charge is 2.25. The van der Waals surface area contributed by atoms with Crippen molar-refractivity contribution in [1.29, 1.82) is 0 Å². The minimum absolute atomic E-state index is 0.0128. The lowest BCUT2D eigenvalue weighted by Gasteiger charge is -2.35. The third-order valence-electron chi connectivity index (χ3n) is 3.73. The average Bonchev–Trinajstić information content (AvgIpc) is 2.35. The summed E-state index contributed by atoms with van der Waals surface area (Å²) in [5.41, 5.74) is 6.03. The van der Waals surface area contributed by atoms with Crippen molar-refractivity contribution in [1.82, 2.24) is 9.55 Å². The maximum Gasteiger partial charge on any atom is 0.293 e. The second-order valence-electron chi connectivity index (χ2n) is 5.98. The van der Waals surface area contributed by atoms with Crippen molar-refractivity contribution in [2.24, 2.45) is 17.6 Å². The van der Waals surface area contributed by atoms with Crippen molar-refractivity contribution < 1.29 is 0 Å². The van der Waals surface area contributed by atoms with E-state index in [-0.39, 0.29) is 11.6 Å². The molecule has 1 aromatic rings. The fourth-order valence-corrected chi connectivity index (χ4v) is 2.55. The number of hydrogen-bond donors (Lipinski definition) is 1. The van der Waals surface area contributed by atoms with Gasteiger partial charge in [-0.2, -0.15) is 0 Å². The molecule has 106 valence electrons. The molecule has 2 unspecified atom stereocenters. The van der Waals surface area contributed by atoms with Gasteiger partial charge < -0.3 is 15.2 Å². The van der Waals surface area contributed by atoms with Crippen LogP contribution in [-0.4, -0.2) is 28.7 Å². The number of aromatic nitrogens is 2. The van der Waals surface area contributed by atoms with Crippen molar-refractivity contribution in [2.45, 2.75) is 39.8 Å². The molecule has 1 aliphatic rings. The third kappa shape index (κ3) is 3.15. The number of nitrogens with two attached hydrogens (primary N) is 1. The molecule has 0 aliphatic carbocycles. The molecule has 5 heteroatoms. The van der Waals surface area contributed by atoms with E-state index in [0.717, 1.165) is 26.1 Å². The highest BCUT2D eigenvalue weighted by atomic mass is 16.1. The first-order valence-corrected chi connectivity index (χ1v) is 7.05. The Morgan fingerprint density at radius 2 is 2.26 bits per heavy atom. The van der Waals surface area contributed by atoms with Crippen molar-refractivity contribution in [2.75, 3.05) is 18.0 Å². The van der Waals surface area contributed by atoms with Gasteiger partial charge in [-0.25, -0.2) is 4.98 Å². The molecule has 19 heavy (non-hydrogen) atoms. The zero-order valence-electron chi connectivity index (χ0n) is 12.0. The van der Waals surface area contributed by atoms with Crippen LogP contribution in [0.2, 0.25) is 0 Å². The summed E-state index contributed by atoms with van der Waals surface area (Å²) in [6.07, 6.45) is 4.41. The van der Waals surface area contributed by atoms with Crippen LogP contribution in [0.1, 0.15) is 27.2 Å². The van der Waals surface area contributed by atoms with Gasteiger partial charge in [0.25, 0.3) is 5.56 Å². The predicted octanol–water partition coefficient (Wildman–Crippen LogP) is 1.07. The number of hydrogen-bond acceptors (Lipinski definition) is 4. The van der Waals surface area contributed by atoms with Crippen LogP contribution in [0.15, 0.2) is 17.2 Å². The minimum Gasteiger partial charge on any atom is -0.352 e. The Kier molecular flexibility index (Phi) is 4.24. The molecule has 5 nitrogen and oxygen atoms in total. The largest absolute Gasteiger partial charge is 0.352 e. The van der Waals surface area contributed by atoms with Crippen molar-refractivity contribution in [3.63, 3.8) is 0 Å². The van der Waals surface area contributed by atoms with E-state index in [0.29, 0.717) is 17.7 Å². The van der Waals surface area contributed by atoms with Gasteiger partial charge in [-0.1, -0.05) is 20.8 Å². The van der Waals surface area contributed by atoms with E-state index in [4.69, 9.17) is 5.73 Å². The summed E-state index contributed by atoms with van der Waals surface area (Å²) in [5, 5.41) is 0. The Hall–Kier alpha value is -1.36. The van der Waals surface area contributed by atoms with Crippen LogP contribution >= 0.6 is 0 Å². The van der Waals surface area contributed by atoms with E-state index < -0.39 is 0 Å². The van der Waals surface area contributed by atoms with Crippen LogP contribution in [0.4, 0.5) is 5.82 Å². The molecule has 1 aromatic heterocycles. The van der Waals surface area contributed by atoms with E-state index in [2.05, 4.69) is 30.7 Å². The molecule has 2 atom stereocenters. The molecule has 2 rings (SSSR count). The maximum atomic E-state index is 12.4. The smallest absolute Gasteiger partial charge is 0.293 e. The zero-order valence-corrected chi connectivity index (χ0v) is 12.0. The van der Waals surface area contributed by atoms with E-state index in [1.165, 1.54) is 0 Å². The molecule has 0 amide bonds. The van der Waals surface area contributed by atoms with Gasteiger partial charge in [0.2, 0.25) is 0 Å². The molecule has 1 aliphatic heterocycles. The van der Waals surface area contributed by atoms with Gasteiger partial charge in [0, 0.05) is 38.1 Å². The number of piperidine rings is 1. The molecule has 2 heterocycles. The zero-order chi connectivity index (χ0) is 14.0. The van der Waals surface area contributed by atoms with E-state index >= 15 is 0 Å². The van der Waals surface area contributed by atoms with Gasteiger partial charge in [-0.3, -0.25) is 4.79 Å². The summed E-state index contributed by atoms with van der Waals surface area (Å²) in [7, 11) is 0. The molecule has 2 N–H and O–H groups in total. The van der Waals surface area contributed by atoms with E-state index in [1.807, 2.05) is 0 Å². The first kappa shape index (κ1) is 14.1. The third-order valence-corrected chi connectivity index (χ3v) is 3.73. The molecule has 0 bridgehead atoms. The normalized spacial score (nSPS) is 23.9. The molecule has 0 spiro atoms. The van der Waals surface area contributed by atoms with Crippen LogP contribution < -0.4 is 16.2 Å². The fourth-order valence-electron chi connectivity index (χ4n) is 2.55. The van der Waals surface area contributed by atoms with Crippen LogP contribution in [-0.2, 0) is 6.54 Å². The number of anilines is 1. The molecule has 0 saturated carbocycles. The summed E-state index contributed by atoms with van der Waals surface area (Å²) in [6, 6.07) is 0.234. The number of nitrogens with zero attached hydrogens (tertiary/aromatic N) is 3. The van der Waals surface area contributed by atoms with E-state index in [9.17, 15) is 4.79 Å². The molecular weight excluding hydrogens is 240 g/mol. The lowest BCUT2D eigenvalue weighted by Crippen LogP contribution is -2.48. The molecule has 1 saturated heterocycles. The Bertz CT molecular complexity index is 483. The topological polar surface area (TPSA) is 64.2 Å². The van der Waals surface area contributed by atoms with Crippen LogP contribution in [0.25, 0.3) is 0 Å². The highest BCUT2D eigenvalue weighted by Crippen LogP contribution is 2.18. The van der Waals surface area contributed by atoms with Gasteiger partial charge in [0.15, 0.2) is 5.82 Å². The van der Waals surface area contributed by atoms with Gasteiger partial charge in [0.05, 0.1) is 0 Å². The summed E-state index contributed by atoms with van der Waals surface area (Å²) < 4.78 is 1.76. The van der Waals surface area contributed by atoms with E-state index in [1.54, 1.807) is 17.0 Å². The Morgan fingerprint density at radius 1 is 1.53 bits per heavy atom. The second-order valence-corrected chi connectivity index (χ2v) is 5.98. The highest BCUT2D eigenvalue weighted by molar-refractivity contribution is 5.36. The first-order chi connectivity index (χ1) is 8.99. The van der Waals surface area contributed by atoms with Gasteiger partial charge >= 0.3 is 0 Å². The summed E-state index contributed by atoms with van der Waals surface area (Å²) in [5.74, 6) is 1.41. The minimum atomic E-state index is 0.0128.